The highest BCUT2D eigenvalue weighted by atomic mass is 19.0. The fraction of sp³-hybridized carbons (Fsp3) is 0.812. The fourth-order valence-corrected chi connectivity index (χ4v) is 2.92. The SMILES string of the molecule is C1=C(/C2=N/NCCCCCC2)CCCCCCC/1.F. The molecule has 0 saturated heterocycles. The predicted octanol–water partition coefficient (Wildman–Crippen LogP) is 4.72. The zero-order valence-corrected chi connectivity index (χ0v) is 12.1. The molecule has 3 heteroatoms. The zero-order valence-electron chi connectivity index (χ0n) is 12.1. The van der Waals surface area contributed by atoms with Gasteiger partial charge in [0.05, 0.1) is 5.71 Å². The lowest BCUT2D eigenvalue weighted by Crippen LogP contribution is -2.12. The summed E-state index contributed by atoms with van der Waals surface area (Å²) in [6, 6.07) is 0. The summed E-state index contributed by atoms with van der Waals surface area (Å²) in [6.07, 6.45) is 18.4. The summed E-state index contributed by atoms with van der Waals surface area (Å²) in [4.78, 5) is 0. The Morgan fingerprint density at radius 3 is 2.37 bits per heavy atom. The van der Waals surface area contributed by atoms with Gasteiger partial charge in [0.25, 0.3) is 0 Å². The third-order valence-electron chi connectivity index (χ3n) is 4.08. The maximum atomic E-state index is 4.67. The molecule has 110 valence electrons. The third kappa shape index (κ3) is 6.22. The molecule has 1 aliphatic heterocycles. The highest BCUT2D eigenvalue weighted by Crippen LogP contribution is 2.20. The van der Waals surface area contributed by atoms with Crippen molar-refractivity contribution >= 4 is 5.71 Å². The van der Waals surface area contributed by atoms with Gasteiger partial charge in [0.2, 0.25) is 0 Å². The van der Waals surface area contributed by atoms with Crippen LogP contribution in [0.4, 0.5) is 4.70 Å². The number of rotatable bonds is 1. The summed E-state index contributed by atoms with van der Waals surface area (Å²) in [5.41, 5.74) is 6.18. The molecule has 1 aliphatic carbocycles. The first kappa shape index (κ1) is 16.2. The van der Waals surface area contributed by atoms with Gasteiger partial charge in [0.1, 0.15) is 0 Å². The van der Waals surface area contributed by atoms with E-state index in [-0.39, 0.29) is 4.70 Å². The molecule has 1 N–H and O–H groups in total. The lowest BCUT2D eigenvalue weighted by molar-refractivity contribution is 0.623. The van der Waals surface area contributed by atoms with Crippen LogP contribution in [0.3, 0.4) is 0 Å². The van der Waals surface area contributed by atoms with Crippen LogP contribution in [-0.4, -0.2) is 12.3 Å². The Bertz CT molecular complexity index is 267. The van der Waals surface area contributed by atoms with Gasteiger partial charge in [0, 0.05) is 6.54 Å². The molecular formula is C16H29FN2. The van der Waals surface area contributed by atoms with Crippen LogP contribution in [0.1, 0.15) is 77.0 Å². The van der Waals surface area contributed by atoms with Gasteiger partial charge in [-0.2, -0.15) is 5.10 Å². The number of nitrogens with one attached hydrogen (secondary N) is 1. The van der Waals surface area contributed by atoms with E-state index in [4.69, 9.17) is 0 Å². The molecule has 0 spiro atoms. The van der Waals surface area contributed by atoms with Gasteiger partial charge in [0.15, 0.2) is 0 Å². The standard InChI is InChI=1S/C16H28N2.FH/c1-2-4-8-12-15(11-7-3-1)16-13-9-5-6-10-14-17-18-16;/h11,17H,1-10,12-14H2;1H/b15-11+,18-16+;. The van der Waals surface area contributed by atoms with E-state index in [1.54, 1.807) is 5.57 Å². The zero-order chi connectivity index (χ0) is 12.5. The fourth-order valence-electron chi connectivity index (χ4n) is 2.92. The van der Waals surface area contributed by atoms with E-state index in [0.29, 0.717) is 0 Å². The second-order valence-electron chi connectivity index (χ2n) is 5.67. The van der Waals surface area contributed by atoms with Crippen LogP contribution in [-0.2, 0) is 0 Å². The molecule has 0 fully saturated rings. The molecule has 0 saturated carbocycles. The van der Waals surface area contributed by atoms with Crippen LogP contribution in [0, 0.1) is 0 Å². The van der Waals surface area contributed by atoms with Gasteiger partial charge in [-0.15, -0.1) is 0 Å². The Kier molecular flexibility index (Phi) is 8.52. The first-order valence-electron chi connectivity index (χ1n) is 7.95. The Hall–Kier alpha value is -0.860. The minimum atomic E-state index is 0. The normalized spacial score (nSPS) is 28.2. The van der Waals surface area contributed by atoms with E-state index in [1.807, 2.05) is 0 Å². The highest BCUT2D eigenvalue weighted by Gasteiger charge is 2.10. The molecule has 0 radical (unpaired) electrons. The molecular weight excluding hydrogens is 239 g/mol. The Balaban J connectivity index is 0.00000180. The van der Waals surface area contributed by atoms with Crippen LogP contribution in [0.5, 0.6) is 0 Å². The summed E-state index contributed by atoms with van der Waals surface area (Å²) < 4.78 is 0. The second-order valence-corrected chi connectivity index (χ2v) is 5.67. The van der Waals surface area contributed by atoms with Crippen LogP contribution in [0.25, 0.3) is 0 Å². The quantitative estimate of drug-likeness (QED) is 0.731. The van der Waals surface area contributed by atoms with E-state index < -0.39 is 0 Å². The van der Waals surface area contributed by atoms with E-state index >= 15 is 0 Å². The summed E-state index contributed by atoms with van der Waals surface area (Å²) in [5.74, 6) is 0. The molecule has 2 nitrogen and oxygen atoms in total. The average molecular weight is 268 g/mol. The number of hydrogen-bond donors (Lipinski definition) is 1. The highest BCUT2D eigenvalue weighted by molar-refractivity contribution is 5.99. The Labute approximate surface area is 117 Å². The topological polar surface area (TPSA) is 24.4 Å². The molecule has 0 atom stereocenters. The largest absolute Gasteiger partial charge is 0.310 e. The smallest absolute Gasteiger partial charge is 0.0631 e. The Morgan fingerprint density at radius 2 is 1.47 bits per heavy atom. The number of hydrogen-bond acceptors (Lipinski definition) is 2. The predicted molar refractivity (Wildman–Crippen MR) is 81.4 cm³/mol. The number of hydrazone groups is 1. The van der Waals surface area contributed by atoms with E-state index in [1.165, 1.54) is 82.8 Å². The molecule has 0 aromatic rings. The number of allylic oxidation sites excluding steroid dienone is 2. The minimum absolute atomic E-state index is 0. The van der Waals surface area contributed by atoms with Crippen molar-refractivity contribution in [1.29, 1.82) is 0 Å². The van der Waals surface area contributed by atoms with Crippen molar-refractivity contribution in [3.63, 3.8) is 0 Å². The maximum Gasteiger partial charge on any atom is 0.0631 e. The van der Waals surface area contributed by atoms with Crippen molar-refractivity contribution in [2.24, 2.45) is 5.10 Å². The Morgan fingerprint density at radius 1 is 0.789 bits per heavy atom. The first-order chi connectivity index (χ1) is 8.97. The maximum absolute atomic E-state index is 4.67. The van der Waals surface area contributed by atoms with Crippen LogP contribution in [0.2, 0.25) is 0 Å². The van der Waals surface area contributed by atoms with Gasteiger partial charge in [-0.25, -0.2) is 0 Å². The van der Waals surface area contributed by atoms with Gasteiger partial charge in [-0.1, -0.05) is 38.2 Å². The molecule has 0 bridgehead atoms. The van der Waals surface area contributed by atoms with Gasteiger partial charge >= 0.3 is 0 Å². The van der Waals surface area contributed by atoms with E-state index in [0.717, 1.165) is 6.54 Å². The van der Waals surface area contributed by atoms with Crippen molar-refractivity contribution < 1.29 is 4.70 Å². The van der Waals surface area contributed by atoms with Crippen molar-refractivity contribution in [2.45, 2.75) is 77.0 Å². The molecule has 19 heavy (non-hydrogen) atoms. The summed E-state index contributed by atoms with van der Waals surface area (Å²) in [7, 11) is 0. The third-order valence-corrected chi connectivity index (χ3v) is 4.08. The molecule has 1 heterocycles. The van der Waals surface area contributed by atoms with Crippen molar-refractivity contribution in [2.75, 3.05) is 6.54 Å². The second kappa shape index (κ2) is 9.99. The molecule has 2 aliphatic rings. The number of nitrogens with zero attached hydrogens (tertiary/aromatic N) is 1. The minimum Gasteiger partial charge on any atom is -0.310 e. The van der Waals surface area contributed by atoms with Crippen LogP contribution < -0.4 is 5.43 Å². The summed E-state index contributed by atoms with van der Waals surface area (Å²) in [5, 5.41) is 4.67. The summed E-state index contributed by atoms with van der Waals surface area (Å²) in [6.45, 7) is 1.05. The number of halogens is 1. The van der Waals surface area contributed by atoms with Crippen LogP contribution in [0.15, 0.2) is 16.8 Å². The molecule has 2 rings (SSSR count). The van der Waals surface area contributed by atoms with Gasteiger partial charge in [-0.3, -0.25) is 4.70 Å². The van der Waals surface area contributed by atoms with Crippen LogP contribution >= 0.6 is 0 Å². The van der Waals surface area contributed by atoms with Crippen molar-refractivity contribution in [1.82, 2.24) is 5.43 Å². The monoisotopic (exact) mass is 268 g/mol. The molecule has 0 unspecified atom stereocenters. The van der Waals surface area contributed by atoms with E-state index in [2.05, 4.69) is 16.6 Å². The van der Waals surface area contributed by atoms with Gasteiger partial charge < -0.3 is 5.43 Å². The summed E-state index contributed by atoms with van der Waals surface area (Å²) >= 11 is 0. The van der Waals surface area contributed by atoms with Gasteiger partial charge in [-0.05, 0) is 50.5 Å². The lowest BCUT2D eigenvalue weighted by Gasteiger charge is -2.10. The molecule has 0 aromatic heterocycles. The van der Waals surface area contributed by atoms with Crippen molar-refractivity contribution in [3.05, 3.63) is 11.6 Å². The average Bonchev–Trinajstić information content (AvgIpc) is 2.61. The lowest BCUT2D eigenvalue weighted by atomic mass is 9.98. The molecule has 0 aromatic carbocycles. The first-order valence-corrected chi connectivity index (χ1v) is 7.95. The van der Waals surface area contributed by atoms with E-state index in [9.17, 15) is 0 Å². The molecule has 0 amide bonds. The van der Waals surface area contributed by atoms with Crippen molar-refractivity contribution in [3.8, 4) is 0 Å².